The Morgan fingerprint density at radius 2 is 2.00 bits per heavy atom. The highest BCUT2D eigenvalue weighted by Gasteiger charge is 2.45. The molecule has 1 aromatic heterocycles. The molecule has 1 unspecified atom stereocenters. The second kappa shape index (κ2) is 5.16. The van der Waals surface area contributed by atoms with E-state index < -0.39 is 11.6 Å². The van der Waals surface area contributed by atoms with Crippen molar-refractivity contribution in [3.05, 3.63) is 15.6 Å². The summed E-state index contributed by atoms with van der Waals surface area (Å²) in [5.41, 5.74) is 0.153. The highest BCUT2D eigenvalue weighted by atomic mass is 32.1. The maximum Gasteiger partial charge on any atom is 0.246 e. The van der Waals surface area contributed by atoms with Crippen molar-refractivity contribution in [2.45, 2.75) is 59.2 Å². The van der Waals surface area contributed by atoms with Gasteiger partial charge in [-0.1, -0.05) is 6.92 Å². The van der Waals surface area contributed by atoms with E-state index in [0.29, 0.717) is 13.0 Å². The van der Waals surface area contributed by atoms with Crippen LogP contribution in [0.2, 0.25) is 0 Å². The summed E-state index contributed by atoms with van der Waals surface area (Å²) in [6.45, 7) is 9.83. The lowest BCUT2D eigenvalue weighted by atomic mass is 9.95. The van der Waals surface area contributed by atoms with E-state index in [1.54, 1.807) is 30.1 Å². The van der Waals surface area contributed by atoms with Crippen LogP contribution in [0, 0.1) is 13.8 Å². The molecule has 2 amide bonds. The lowest BCUT2D eigenvalue weighted by Crippen LogP contribution is -2.67. The van der Waals surface area contributed by atoms with Gasteiger partial charge in [-0.25, -0.2) is 4.98 Å². The molecule has 1 N–H and O–H groups in total. The number of nitrogens with one attached hydrogen (secondary N) is 1. The number of carbonyl (C=O) groups excluding carboxylic acids is 2. The van der Waals surface area contributed by atoms with E-state index in [0.717, 1.165) is 15.6 Å². The Morgan fingerprint density at radius 3 is 2.50 bits per heavy atom. The number of piperazine rings is 1. The summed E-state index contributed by atoms with van der Waals surface area (Å²) in [5.74, 6) is -0.128. The molecule has 0 aliphatic carbocycles. The second-order valence-electron chi connectivity index (χ2n) is 5.67. The highest BCUT2D eigenvalue weighted by Crippen LogP contribution is 2.26. The van der Waals surface area contributed by atoms with E-state index in [1.165, 1.54) is 0 Å². The molecule has 0 spiro atoms. The third kappa shape index (κ3) is 2.44. The van der Waals surface area contributed by atoms with Gasteiger partial charge in [0.25, 0.3) is 0 Å². The lowest BCUT2D eigenvalue weighted by Gasteiger charge is -2.43. The van der Waals surface area contributed by atoms with E-state index in [2.05, 4.69) is 10.3 Å². The van der Waals surface area contributed by atoms with Crippen molar-refractivity contribution in [2.75, 3.05) is 0 Å². The molecule has 0 aromatic carbocycles. The van der Waals surface area contributed by atoms with E-state index in [1.807, 2.05) is 20.8 Å². The summed E-state index contributed by atoms with van der Waals surface area (Å²) in [4.78, 5) is 32.0. The standard InChI is InChI=1S/C14H21N3O2S/c1-6-10-12(18)17(14(4,5)13(19)16-10)7-11-15-8(2)9(3)20-11/h10H,6-7H2,1-5H3,(H,16,19). The van der Waals surface area contributed by atoms with Crippen molar-refractivity contribution < 1.29 is 9.59 Å². The molecule has 5 nitrogen and oxygen atoms in total. The van der Waals surface area contributed by atoms with Gasteiger partial charge < -0.3 is 10.2 Å². The normalized spacial score (nSPS) is 22.1. The maximum atomic E-state index is 12.5. The molecule has 2 rings (SSSR count). The minimum Gasteiger partial charge on any atom is -0.342 e. The fourth-order valence-corrected chi connectivity index (χ4v) is 3.20. The third-order valence-corrected chi connectivity index (χ3v) is 4.93. The Hall–Kier alpha value is -1.43. The van der Waals surface area contributed by atoms with E-state index in [4.69, 9.17) is 0 Å². The van der Waals surface area contributed by atoms with Gasteiger partial charge in [-0.2, -0.15) is 0 Å². The molecule has 0 saturated carbocycles. The minimum absolute atomic E-state index is 0.0254. The summed E-state index contributed by atoms with van der Waals surface area (Å²) in [6, 6.07) is -0.419. The summed E-state index contributed by atoms with van der Waals surface area (Å²) < 4.78 is 0. The lowest BCUT2D eigenvalue weighted by molar-refractivity contribution is -0.156. The summed E-state index contributed by atoms with van der Waals surface area (Å²) in [5, 5.41) is 3.67. The van der Waals surface area contributed by atoms with Gasteiger partial charge in [0, 0.05) is 4.88 Å². The van der Waals surface area contributed by atoms with E-state index in [9.17, 15) is 9.59 Å². The van der Waals surface area contributed by atoms with E-state index in [-0.39, 0.29) is 11.8 Å². The Bertz CT molecular complexity index is 531. The van der Waals surface area contributed by atoms with Crippen LogP contribution in [0.5, 0.6) is 0 Å². The van der Waals surface area contributed by atoms with Gasteiger partial charge in [0.1, 0.15) is 16.6 Å². The number of thiazole rings is 1. The molecule has 1 aromatic rings. The molecule has 1 aliphatic heterocycles. The number of amides is 2. The van der Waals surface area contributed by atoms with E-state index >= 15 is 0 Å². The third-order valence-electron chi connectivity index (χ3n) is 3.87. The molecule has 1 saturated heterocycles. The zero-order valence-electron chi connectivity index (χ0n) is 12.6. The average molecular weight is 295 g/mol. The molecule has 20 heavy (non-hydrogen) atoms. The highest BCUT2D eigenvalue weighted by molar-refractivity contribution is 7.11. The van der Waals surface area contributed by atoms with Gasteiger partial charge in [0.2, 0.25) is 11.8 Å². The quantitative estimate of drug-likeness (QED) is 0.924. The monoisotopic (exact) mass is 295 g/mol. The van der Waals surface area contributed by atoms with Crippen molar-refractivity contribution >= 4 is 23.2 Å². The van der Waals surface area contributed by atoms with Crippen LogP contribution in [0.3, 0.4) is 0 Å². The molecule has 0 bridgehead atoms. The fraction of sp³-hybridized carbons (Fsp3) is 0.643. The number of rotatable bonds is 3. The van der Waals surface area contributed by atoms with Crippen LogP contribution < -0.4 is 5.32 Å². The van der Waals surface area contributed by atoms with Crippen molar-refractivity contribution in [3.8, 4) is 0 Å². The average Bonchev–Trinajstić information content (AvgIpc) is 2.69. The molecule has 1 atom stereocenters. The Labute approximate surface area is 123 Å². The number of nitrogens with zero attached hydrogens (tertiary/aromatic N) is 2. The topological polar surface area (TPSA) is 62.3 Å². The first kappa shape index (κ1) is 15.0. The second-order valence-corrected chi connectivity index (χ2v) is 6.95. The SMILES string of the molecule is CCC1NC(=O)C(C)(C)N(Cc2nc(C)c(C)s2)C1=O. The van der Waals surface area contributed by atoms with Gasteiger partial charge in [-0.3, -0.25) is 9.59 Å². The predicted octanol–water partition coefficient (Wildman–Crippen LogP) is 1.78. The first-order valence-corrected chi connectivity index (χ1v) is 7.64. The van der Waals surface area contributed by atoms with Crippen LogP contribution in [0.1, 0.15) is 42.8 Å². The maximum absolute atomic E-state index is 12.5. The molecule has 0 radical (unpaired) electrons. The number of hydrogen-bond acceptors (Lipinski definition) is 4. The molecular formula is C14H21N3O2S. The van der Waals surface area contributed by atoms with Crippen LogP contribution in [0.4, 0.5) is 0 Å². The molecule has 1 fully saturated rings. The largest absolute Gasteiger partial charge is 0.342 e. The minimum atomic E-state index is -0.837. The van der Waals surface area contributed by atoms with Crippen LogP contribution >= 0.6 is 11.3 Å². The Morgan fingerprint density at radius 1 is 1.35 bits per heavy atom. The predicted molar refractivity (Wildman–Crippen MR) is 78.4 cm³/mol. The molecule has 2 heterocycles. The smallest absolute Gasteiger partial charge is 0.246 e. The first-order valence-electron chi connectivity index (χ1n) is 6.82. The first-order chi connectivity index (χ1) is 9.27. The van der Waals surface area contributed by atoms with Gasteiger partial charge in [-0.05, 0) is 34.1 Å². The van der Waals surface area contributed by atoms with Gasteiger partial charge in [0.15, 0.2) is 0 Å². The molecule has 1 aliphatic rings. The van der Waals surface area contributed by atoms with Crippen molar-refractivity contribution in [3.63, 3.8) is 0 Å². The molecular weight excluding hydrogens is 274 g/mol. The summed E-state index contributed by atoms with van der Waals surface area (Å²) in [7, 11) is 0. The fourth-order valence-electron chi connectivity index (χ4n) is 2.28. The number of carbonyl (C=O) groups is 2. The number of aromatic nitrogens is 1. The number of aryl methyl sites for hydroxylation is 2. The molecule has 6 heteroatoms. The van der Waals surface area contributed by atoms with Crippen molar-refractivity contribution in [1.29, 1.82) is 0 Å². The van der Waals surface area contributed by atoms with Gasteiger partial charge in [-0.15, -0.1) is 11.3 Å². The number of hydrogen-bond donors (Lipinski definition) is 1. The summed E-state index contributed by atoms with van der Waals surface area (Å²) in [6.07, 6.45) is 0.604. The van der Waals surface area contributed by atoms with Gasteiger partial charge >= 0.3 is 0 Å². The summed E-state index contributed by atoms with van der Waals surface area (Å²) >= 11 is 1.58. The Kier molecular flexibility index (Phi) is 3.86. The molecule has 110 valence electrons. The van der Waals surface area contributed by atoms with Crippen molar-refractivity contribution in [1.82, 2.24) is 15.2 Å². The zero-order chi connectivity index (χ0) is 15.1. The van der Waals surface area contributed by atoms with Crippen LogP contribution in [0.25, 0.3) is 0 Å². The Balaban J connectivity index is 2.30. The van der Waals surface area contributed by atoms with Crippen LogP contribution in [0.15, 0.2) is 0 Å². The van der Waals surface area contributed by atoms with Crippen molar-refractivity contribution in [2.24, 2.45) is 0 Å². The van der Waals surface area contributed by atoms with Crippen LogP contribution in [-0.4, -0.2) is 33.3 Å². The van der Waals surface area contributed by atoms with Crippen LogP contribution in [-0.2, 0) is 16.1 Å². The zero-order valence-corrected chi connectivity index (χ0v) is 13.4. The van der Waals surface area contributed by atoms with Gasteiger partial charge in [0.05, 0.1) is 12.2 Å².